The predicted molar refractivity (Wildman–Crippen MR) is 142 cm³/mol. The first kappa shape index (κ1) is 30.7. The van der Waals surface area contributed by atoms with Gasteiger partial charge in [-0.15, -0.1) is 10.1 Å². The Morgan fingerprint density at radius 1 is 1.20 bits per heavy atom. The van der Waals surface area contributed by atoms with E-state index < -0.39 is 52.1 Å². The van der Waals surface area contributed by atoms with Gasteiger partial charge in [-0.2, -0.15) is 0 Å². The summed E-state index contributed by atoms with van der Waals surface area (Å²) in [5.41, 5.74) is -2.11. The second-order valence-electron chi connectivity index (χ2n) is 12.0. The van der Waals surface area contributed by atoms with Gasteiger partial charge < -0.3 is 24.2 Å². The molecule has 0 aromatic rings. The minimum absolute atomic E-state index is 0.0280. The monoisotopic (exact) mass is 577 g/mol. The number of hydrogen-bond acceptors (Lipinski definition) is 11. The molecule has 0 spiro atoms. The minimum atomic E-state index is -1.67. The highest BCUT2D eigenvalue weighted by Crippen LogP contribution is 2.67. The molecule has 226 valence electrons. The molecule has 0 aromatic heterocycles. The number of nitrogens with zero attached hydrogens (tertiary/aromatic N) is 1. The van der Waals surface area contributed by atoms with Crippen LogP contribution in [0.2, 0.25) is 0 Å². The second-order valence-corrected chi connectivity index (χ2v) is 12.0. The molecule has 0 amide bonds. The number of carbonyl (C=O) groups excluding carboxylic acids is 4. The van der Waals surface area contributed by atoms with Crippen molar-refractivity contribution >= 4 is 23.7 Å². The van der Waals surface area contributed by atoms with Gasteiger partial charge in [-0.3, -0.25) is 14.4 Å². The predicted octanol–water partition coefficient (Wildman–Crippen LogP) is 3.67. The number of ether oxygens (including phenoxy) is 3. The number of unbranched alkanes of at least 4 members (excludes halogenated alkanes) is 1. The molecule has 0 heterocycles. The van der Waals surface area contributed by atoms with Gasteiger partial charge >= 0.3 is 12.1 Å². The van der Waals surface area contributed by atoms with E-state index in [1.807, 2.05) is 13.0 Å². The highest BCUT2D eigenvalue weighted by molar-refractivity contribution is 5.94. The van der Waals surface area contributed by atoms with Crippen LogP contribution < -0.4 is 0 Å². The number of carbonyl (C=O) groups is 4. The number of rotatable bonds is 11. The number of hydrogen-bond donors (Lipinski definition) is 1. The van der Waals surface area contributed by atoms with Crippen molar-refractivity contribution < 1.29 is 48.4 Å². The normalized spacial score (nSPS) is 35.3. The Balaban J connectivity index is 1.54. The van der Waals surface area contributed by atoms with Gasteiger partial charge in [0, 0.05) is 29.6 Å². The molecule has 4 aliphatic rings. The quantitative estimate of drug-likeness (QED) is 0.125. The third-order valence-corrected chi connectivity index (χ3v) is 9.88. The van der Waals surface area contributed by atoms with Gasteiger partial charge in [-0.1, -0.05) is 31.6 Å². The summed E-state index contributed by atoms with van der Waals surface area (Å²) >= 11 is 0. The van der Waals surface area contributed by atoms with Crippen LogP contribution in [0.15, 0.2) is 23.8 Å². The number of fused-ring (bicyclic) bond motifs is 5. The molecule has 2 fully saturated rings. The number of esters is 1. The standard InChI is InChI=1S/C29H39NO11/c1-4-38-26(35)41-29(23(33)17-39-24(34)7-5-6-14-40-30(36)37)13-11-21-20-9-8-18-15-19(31)10-12-27(18,2)25(20)22(32)16-28(21,29)3/h8,10,12,20-22,25,32H,4-7,9,11,13-17H2,1-3H3/t20-,21-,22-,25+,27-,28-,29-/m0/s1. The average molecular weight is 578 g/mol. The second kappa shape index (κ2) is 11.9. The van der Waals surface area contributed by atoms with Gasteiger partial charge in [0.1, 0.15) is 0 Å². The molecule has 0 bridgehead atoms. The Labute approximate surface area is 238 Å². The van der Waals surface area contributed by atoms with Crippen LogP contribution >= 0.6 is 0 Å². The lowest BCUT2D eigenvalue weighted by molar-refractivity contribution is -0.757. The molecular weight excluding hydrogens is 538 g/mol. The summed E-state index contributed by atoms with van der Waals surface area (Å²) in [7, 11) is 0. The van der Waals surface area contributed by atoms with Crippen LogP contribution in [0.3, 0.4) is 0 Å². The zero-order chi connectivity index (χ0) is 30.0. The molecule has 4 rings (SSSR count). The first-order chi connectivity index (χ1) is 19.4. The Kier molecular flexibility index (Phi) is 8.91. The molecule has 0 aliphatic heterocycles. The third-order valence-electron chi connectivity index (χ3n) is 9.88. The van der Waals surface area contributed by atoms with E-state index in [9.17, 15) is 34.4 Å². The summed E-state index contributed by atoms with van der Waals surface area (Å²) in [6, 6.07) is 0. The Hall–Kier alpha value is -3.28. The van der Waals surface area contributed by atoms with Crippen LogP contribution in [-0.4, -0.2) is 65.4 Å². The first-order valence-electron chi connectivity index (χ1n) is 14.3. The minimum Gasteiger partial charge on any atom is -0.457 e. The fourth-order valence-corrected chi connectivity index (χ4v) is 8.04. The van der Waals surface area contributed by atoms with Crippen LogP contribution in [0.1, 0.15) is 72.1 Å². The van der Waals surface area contributed by atoms with Gasteiger partial charge in [0.25, 0.3) is 5.09 Å². The van der Waals surface area contributed by atoms with E-state index in [1.54, 1.807) is 13.0 Å². The van der Waals surface area contributed by atoms with E-state index in [2.05, 4.69) is 17.8 Å². The molecule has 0 radical (unpaired) electrons. The van der Waals surface area contributed by atoms with Crippen molar-refractivity contribution in [2.75, 3.05) is 19.8 Å². The van der Waals surface area contributed by atoms with E-state index in [0.29, 0.717) is 19.3 Å². The molecule has 7 atom stereocenters. The van der Waals surface area contributed by atoms with Crippen LogP contribution in [0.4, 0.5) is 4.79 Å². The molecule has 0 aromatic carbocycles. The van der Waals surface area contributed by atoms with Crippen LogP contribution in [0.5, 0.6) is 0 Å². The number of Topliss-reactive ketones (excluding diaryl/α,β-unsaturated/α-hetero) is 1. The number of aliphatic hydroxyl groups excluding tert-OH is 1. The maximum atomic E-state index is 13.9. The van der Waals surface area contributed by atoms with Gasteiger partial charge in [0.2, 0.25) is 5.78 Å². The number of aliphatic hydroxyl groups is 1. The van der Waals surface area contributed by atoms with E-state index in [1.165, 1.54) is 0 Å². The Morgan fingerprint density at radius 3 is 2.66 bits per heavy atom. The molecule has 1 N–H and O–H groups in total. The van der Waals surface area contributed by atoms with Gasteiger partial charge in [-0.25, -0.2) is 4.79 Å². The zero-order valence-corrected chi connectivity index (χ0v) is 23.8. The maximum absolute atomic E-state index is 13.9. The first-order valence-corrected chi connectivity index (χ1v) is 14.3. The van der Waals surface area contributed by atoms with Crippen molar-refractivity contribution in [3.05, 3.63) is 33.9 Å². The van der Waals surface area contributed by atoms with Crippen LogP contribution in [0.25, 0.3) is 0 Å². The number of allylic oxidation sites excluding steroid dienone is 4. The van der Waals surface area contributed by atoms with E-state index >= 15 is 0 Å². The lowest BCUT2D eigenvalue weighted by atomic mass is 9.47. The topological polar surface area (TPSA) is 169 Å². The summed E-state index contributed by atoms with van der Waals surface area (Å²) in [6.07, 6.45) is 6.11. The van der Waals surface area contributed by atoms with Crippen molar-refractivity contribution in [2.45, 2.75) is 83.8 Å². The van der Waals surface area contributed by atoms with E-state index in [0.717, 1.165) is 5.57 Å². The zero-order valence-electron chi connectivity index (χ0n) is 23.8. The highest BCUT2D eigenvalue weighted by Gasteiger charge is 2.70. The Bertz CT molecular complexity index is 1150. The fraction of sp³-hybridized carbons (Fsp3) is 0.724. The lowest BCUT2D eigenvalue weighted by Crippen LogP contribution is -2.63. The van der Waals surface area contributed by atoms with Crippen molar-refractivity contribution in [3.63, 3.8) is 0 Å². The van der Waals surface area contributed by atoms with Gasteiger partial charge in [0.15, 0.2) is 18.0 Å². The van der Waals surface area contributed by atoms with Crippen molar-refractivity contribution in [1.82, 2.24) is 0 Å². The highest BCUT2D eigenvalue weighted by atomic mass is 16.9. The average Bonchev–Trinajstić information content (AvgIpc) is 3.19. The molecule has 2 saturated carbocycles. The fourth-order valence-electron chi connectivity index (χ4n) is 8.04. The molecule has 41 heavy (non-hydrogen) atoms. The summed E-state index contributed by atoms with van der Waals surface area (Å²) in [6.45, 7) is 4.81. The third kappa shape index (κ3) is 5.62. The Morgan fingerprint density at radius 2 is 1.95 bits per heavy atom. The maximum Gasteiger partial charge on any atom is 0.509 e. The molecule has 12 nitrogen and oxygen atoms in total. The summed E-state index contributed by atoms with van der Waals surface area (Å²) in [4.78, 5) is 65.4. The van der Waals surface area contributed by atoms with Crippen LogP contribution in [0, 0.1) is 38.7 Å². The van der Waals surface area contributed by atoms with Crippen molar-refractivity contribution in [3.8, 4) is 0 Å². The van der Waals surface area contributed by atoms with E-state index in [-0.39, 0.29) is 68.9 Å². The summed E-state index contributed by atoms with van der Waals surface area (Å²) < 4.78 is 16.2. The molecule has 12 heteroatoms. The molecule has 0 unspecified atom stereocenters. The summed E-state index contributed by atoms with van der Waals surface area (Å²) in [5, 5.41) is 21.0. The largest absolute Gasteiger partial charge is 0.509 e. The van der Waals surface area contributed by atoms with E-state index in [4.69, 9.17) is 14.2 Å². The number of ketones is 2. The molecule has 0 saturated heterocycles. The molecule has 4 aliphatic carbocycles. The van der Waals surface area contributed by atoms with Gasteiger partial charge in [-0.05, 0) is 63.4 Å². The lowest BCUT2D eigenvalue weighted by Gasteiger charge is -2.59. The smallest absolute Gasteiger partial charge is 0.457 e. The van der Waals surface area contributed by atoms with Crippen LogP contribution in [-0.2, 0) is 33.4 Å². The SMILES string of the molecule is CCOC(=O)O[C@]1(C(=O)COC(=O)CCCCO[N+](=O)[O-])CC[C@H]2[C@@H]3CC=C4CC(=O)C=C[C@]4(C)[C@H]3[C@@H](O)C[C@@]21C. The van der Waals surface area contributed by atoms with Crippen molar-refractivity contribution in [1.29, 1.82) is 0 Å². The molecular formula is C29H39NO11. The van der Waals surface area contributed by atoms with Crippen molar-refractivity contribution in [2.24, 2.45) is 28.6 Å². The van der Waals surface area contributed by atoms with Gasteiger partial charge in [0.05, 0.1) is 19.3 Å². The summed E-state index contributed by atoms with van der Waals surface area (Å²) in [5.74, 6) is -1.49.